The van der Waals surface area contributed by atoms with Gasteiger partial charge in [-0.2, -0.15) is 13.2 Å². The van der Waals surface area contributed by atoms with Crippen LogP contribution in [0.15, 0.2) is 30.3 Å². The number of likely N-dealkylation sites (tertiary alicyclic amines) is 1. The average molecular weight is 518 g/mol. The molecule has 2 amide bonds. The summed E-state index contributed by atoms with van der Waals surface area (Å²) in [5.74, 6) is -0.653. The van der Waals surface area contributed by atoms with E-state index in [1.54, 1.807) is 0 Å². The van der Waals surface area contributed by atoms with Crippen LogP contribution >= 0.6 is 0 Å². The van der Waals surface area contributed by atoms with Crippen LogP contribution in [0.4, 0.5) is 13.2 Å². The van der Waals surface area contributed by atoms with E-state index in [1.807, 2.05) is 18.0 Å². The predicted octanol–water partition coefficient (Wildman–Crippen LogP) is 5.11. The maximum absolute atomic E-state index is 14.0. The summed E-state index contributed by atoms with van der Waals surface area (Å²) in [6.45, 7) is 0.722. The lowest BCUT2D eigenvalue weighted by atomic mass is 9.78. The summed E-state index contributed by atoms with van der Waals surface area (Å²) in [5.41, 5.74) is 1.24. The highest BCUT2D eigenvalue weighted by Crippen LogP contribution is 2.54. The number of alkyl halides is 3. The maximum atomic E-state index is 14.0. The molecule has 37 heavy (non-hydrogen) atoms. The maximum Gasteiger partial charge on any atom is 0.391 e. The lowest BCUT2D eigenvalue weighted by Gasteiger charge is -2.47. The van der Waals surface area contributed by atoms with Crippen LogP contribution in [0.2, 0.25) is 0 Å². The van der Waals surface area contributed by atoms with Crippen molar-refractivity contribution in [1.29, 1.82) is 0 Å². The Morgan fingerprint density at radius 2 is 1.76 bits per heavy atom. The third-order valence-corrected chi connectivity index (χ3v) is 10.2. The Hall–Kier alpha value is -2.09. The van der Waals surface area contributed by atoms with Crippen molar-refractivity contribution in [3.8, 4) is 0 Å². The number of hydrogen-bond donors (Lipinski definition) is 0. The highest BCUT2D eigenvalue weighted by Gasteiger charge is 2.58. The van der Waals surface area contributed by atoms with Crippen molar-refractivity contribution in [3.05, 3.63) is 35.9 Å². The minimum absolute atomic E-state index is 0.00429. The van der Waals surface area contributed by atoms with Crippen LogP contribution in [0.5, 0.6) is 0 Å². The summed E-state index contributed by atoms with van der Waals surface area (Å²) in [6, 6.07) is 10.1. The molecule has 8 heteroatoms. The van der Waals surface area contributed by atoms with Crippen molar-refractivity contribution in [2.75, 3.05) is 13.6 Å². The highest BCUT2D eigenvalue weighted by molar-refractivity contribution is 5.89. The van der Waals surface area contributed by atoms with Crippen LogP contribution < -0.4 is 0 Å². The second kappa shape index (κ2) is 9.28. The Morgan fingerprint density at radius 3 is 2.43 bits per heavy atom. The number of carbonyl (C=O) groups excluding carboxylic acids is 2. The predicted molar refractivity (Wildman–Crippen MR) is 134 cm³/mol. The molecule has 5 aliphatic rings. The Labute approximate surface area is 217 Å². The number of halogens is 3. The number of carbonyl (C=O) groups is 2. The standard InChI is InChI=1S/C29H38F3N3O2/c1-33(24-14-21(15-24)29(30,31)32)22-8-5-9-26(36)35-23(16-22)10-11-25(35)27(37)34-18-20(17-28(34)12-13-28)19-6-3-2-4-7-19/h2-4,6-7,20-25H,5,8-18H2,1H3/t20-,21?,22+,23-,24?,25+/m1/s1. The van der Waals surface area contributed by atoms with Crippen LogP contribution in [-0.4, -0.2) is 76.0 Å². The van der Waals surface area contributed by atoms with Gasteiger partial charge in [0, 0.05) is 42.5 Å². The summed E-state index contributed by atoms with van der Waals surface area (Å²) in [4.78, 5) is 33.4. The first-order valence-corrected chi connectivity index (χ1v) is 14.1. The molecule has 5 fully saturated rings. The number of rotatable bonds is 4. The molecule has 202 valence electrons. The lowest BCUT2D eigenvalue weighted by molar-refractivity contribution is -0.207. The summed E-state index contributed by atoms with van der Waals surface area (Å²) in [6.07, 6.45) is 3.51. The number of amides is 2. The molecule has 0 unspecified atom stereocenters. The summed E-state index contributed by atoms with van der Waals surface area (Å²) in [5, 5.41) is 0. The zero-order valence-electron chi connectivity index (χ0n) is 21.6. The molecule has 6 rings (SSSR count). The largest absolute Gasteiger partial charge is 0.391 e. The van der Waals surface area contributed by atoms with E-state index >= 15 is 0 Å². The number of hydrogen-bond acceptors (Lipinski definition) is 3. The number of fused-ring (bicyclic) bond motifs is 1. The summed E-state index contributed by atoms with van der Waals surface area (Å²) < 4.78 is 39.1. The van der Waals surface area contributed by atoms with Gasteiger partial charge in [-0.05, 0) is 76.8 Å². The van der Waals surface area contributed by atoms with Gasteiger partial charge in [0.2, 0.25) is 11.8 Å². The van der Waals surface area contributed by atoms with Crippen molar-refractivity contribution < 1.29 is 22.8 Å². The summed E-state index contributed by atoms with van der Waals surface area (Å²) in [7, 11) is 1.96. The molecular weight excluding hydrogens is 479 g/mol. The number of nitrogens with zero attached hydrogens (tertiary/aromatic N) is 3. The van der Waals surface area contributed by atoms with Crippen molar-refractivity contribution in [2.45, 2.75) is 112 Å². The number of benzene rings is 1. The quantitative estimate of drug-likeness (QED) is 0.558. The zero-order chi connectivity index (χ0) is 25.9. The van der Waals surface area contributed by atoms with E-state index in [0.717, 1.165) is 51.5 Å². The van der Waals surface area contributed by atoms with Gasteiger partial charge in [-0.3, -0.25) is 9.59 Å². The summed E-state index contributed by atoms with van der Waals surface area (Å²) >= 11 is 0. The van der Waals surface area contributed by atoms with Crippen molar-refractivity contribution in [1.82, 2.24) is 14.7 Å². The first-order valence-electron chi connectivity index (χ1n) is 14.1. The zero-order valence-corrected chi connectivity index (χ0v) is 21.6. The Morgan fingerprint density at radius 1 is 1.03 bits per heavy atom. The molecule has 4 atom stereocenters. The average Bonchev–Trinajstić information content (AvgIpc) is 3.30. The Bertz CT molecular complexity index is 1020. The van der Waals surface area contributed by atoms with Crippen molar-refractivity contribution >= 4 is 11.8 Å². The second-order valence-electron chi connectivity index (χ2n) is 12.3. The van der Waals surface area contributed by atoms with Crippen molar-refractivity contribution in [2.24, 2.45) is 5.92 Å². The molecule has 0 N–H and O–H groups in total. The van der Waals surface area contributed by atoms with E-state index in [2.05, 4.69) is 34.1 Å². The fourth-order valence-electron chi connectivity index (χ4n) is 7.76. The highest BCUT2D eigenvalue weighted by atomic mass is 19.4. The van der Waals surface area contributed by atoms with Crippen LogP contribution in [0.25, 0.3) is 0 Å². The van der Waals surface area contributed by atoms with E-state index in [-0.39, 0.29) is 48.3 Å². The molecule has 3 saturated heterocycles. The first-order chi connectivity index (χ1) is 17.7. The molecule has 3 aliphatic heterocycles. The van der Waals surface area contributed by atoms with Gasteiger partial charge in [0.25, 0.3) is 0 Å². The molecule has 0 radical (unpaired) electrons. The van der Waals surface area contributed by atoms with Crippen LogP contribution in [0.1, 0.15) is 82.1 Å². The first kappa shape index (κ1) is 25.2. The SMILES string of the molecule is CN(C1CC(C(F)(F)F)C1)[C@H]1CCCC(=O)N2[C@H](CC[C@H]2C(=O)N2C[C@H](c3ccccc3)CC23CC3)C1. The Kier molecular flexibility index (Phi) is 6.32. The fraction of sp³-hybridized carbons (Fsp3) is 0.724. The fourth-order valence-corrected chi connectivity index (χ4v) is 7.76. The third-order valence-electron chi connectivity index (χ3n) is 10.2. The van der Waals surface area contributed by atoms with E-state index in [9.17, 15) is 22.8 Å². The molecule has 1 aromatic carbocycles. The molecular formula is C29H38F3N3O2. The van der Waals surface area contributed by atoms with Gasteiger partial charge in [-0.1, -0.05) is 30.3 Å². The molecule has 0 aromatic heterocycles. The van der Waals surface area contributed by atoms with Crippen LogP contribution in [0.3, 0.4) is 0 Å². The van der Waals surface area contributed by atoms with Crippen LogP contribution in [0, 0.1) is 5.92 Å². The normalized spacial score (nSPS) is 35.3. The molecule has 2 saturated carbocycles. The Balaban J connectivity index is 1.14. The van der Waals surface area contributed by atoms with Gasteiger partial charge in [-0.15, -0.1) is 0 Å². The second-order valence-corrected chi connectivity index (χ2v) is 12.3. The van der Waals surface area contributed by atoms with E-state index < -0.39 is 18.1 Å². The van der Waals surface area contributed by atoms with Crippen molar-refractivity contribution in [3.63, 3.8) is 0 Å². The smallest absolute Gasteiger partial charge is 0.335 e. The minimum Gasteiger partial charge on any atom is -0.335 e. The van der Waals surface area contributed by atoms with Gasteiger partial charge in [0.1, 0.15) is 6.04 Å². The lowest BCUT2D eigenvalue weighted by Crippen LogP contribution is -2.55. The monoisotopic (exact) mass is 517 g/mol. The van der Waals surface area contributed by atoms with E-state index in [4.69, 9.17) is 0 Å². The molecule has 5 nitrogen and oxygen atoms in total. The third kappa shape index (κ3) is 4.57. The van der Waals surface area contributed by atoms with Gasteiger partial charge in [0.15, 0.2) is 0 Å². The minimum atomic E-state index is -4.10. The molecule has 1 spiro atoms. The van der Waals surface area contributed by atoms with Gasteiger partial charge < -0.3 is 14.7 Å². The van der Waals surface area contributed by atoms with Gasteiger partial charge >= 0.3 is 6.18 Å². The van der Waals surface area contributed by atoms with Gasteiger partial charge in [-0.25, -0.2) is 0 Å². The topological polar surface area (TPSA) is 43.9 Å². The molecule has 0 bridgehead atoms. The van der Waals surface area contributed by atoms with E-state index in [1.165, 1.54) is 5.56 Å². The van der Waals surface area contributed by atoms with Gasteiger partial charge in [0.05, 0.1) is 5.92 Å². The van der Waals surface area contributed by atoms with Crippen LogP contribution in [-0.2, 0) is 9.59 Å². The molecule has 3 heterocycles. The molecule has 2 aliphatic carbocycles. The molecule has 1 aromatic rings. The van der Waals surface area contributed by atoms with E-state index in [0.29, 0.717) is 18.8 Å².